The van der Waals surface area contributed by atoms with E-state index >= 15 is 0 Å². The van der Waals surface area contributed by atoms with Crippen molar-refractivity contribution in [2.75, 3.05) is 13.2 Å². The normalized spacial score (nSPS) is 38.7. The van der Waals surface area contributed by atoms with Gasteiger partial charge in [-0.25, -0.2) is 0 Å². The highest BCUT2D eigenvalue weighted by Gasteiger charge is 2.56. The van der Waals surface area contributed by atoms with Gasteiger partial charge in [0, 0.05) is 27.4 Å². The van der Waals surface area contributed by atoms with Crippen molar-refractivity contribution in [1.29, 1.82) is 0 Å². The fraction of sp³-hybridized carbons (Fsp3) is 0.846. The fourth-order valence-electron chi connectivity index (χ4n) is 2.43. The van der Waals surface area contributed by atoms with E-state index in [2.05, 4.69) is 0 Å². The number of fused-ring (bicyclic) bond motifs is 1. The van der Waals surface area contributed by atoms with Gasteiger partial charge in [-0.15, -0.1) is 0 Å². The highest BCUT2D eigenvalue weighted by molar-refractivity contribution is 5.67. The summed E-state index contributed by atoms with van der Waals surface area (Å²) >= 11 is 0. The van der Waals surface area contributed by atoms with Crippen LogP contribution >= 0.6 is 0 Å². The van der Waals surface area contributed by atoms with Crippen LogP contribution in [0.4, 0.5) is 0 Å². The minimum atomic E-state index is -1.28. The molecule has 2 fully saturated rings. The maximum Gasteiger partial charge on any atom is 0.303 e. The predicted molar refractivity (Wildman–Crippen MR) is 66.8 cm³/mol. The third-order valence-corrected chi connectivity index (χ3v) is 3.09. The minimum Gasteiger partial charge on any atom is -0.456 e. The lowest BCUT2D eigenvalue weighted by molar-refractivity contribution is -0.340. The molecule has 5 atom stereocenters. The first-order valence-electron chi connectivity index (χ1n) is 6.80. The molecule has 2 heterocycles. The van der Waals surface area contributed by atoms with Gasteiger partial charge in [0.25, 0.3) is 5.97 Å². The summed E-state index contributed by atoms with van der Waals surface area (Å²) in [7, 11) is 0. The van der Waals surface area contributed by atoms with Crippen molar-refractivity contribution in [1.82, 2.24) is 0 Å². The zero-order chi connectivity index (χ0) is 15.6. The second-order valence-corrected chi connectivity index (χ2v) is 4.92. The van der Waals surface area contributed by atoms with Crippen LogP contribution in [0.2, 0.25) is 0 Å². The van der Waals surface area contributed by atoms with E-state index in [1.165, 1.54) is 13.8 Å². The predicted octanol–water partition coefficient (Wildman–Crippen LogP) is 0.332. The van der Waals surface area contributed by atoms with E-state index in [1.54, 1.807) is 13.8 Å². The summed E-state index contributed by atoms with van der Waals surface area (Å²) in [4.78, 5) is 22.4. The molecule has 0 bridgehead atoms. The zero-order valence-corrected chi connectivity index (χ0v) is 12.5. The number of rotatable bonds is 4. The first-order chi connectivity index (χ1) is 9.84. The van der Waals surface area contributed by atoms with Gasteiger partial charge in [-0.2, -0.15) is 0 Å². The lowest BCUT2D eigenvalue weighted by Crippen LogP contribution is -2.54. The first kappa shape index (κ1) is 16.2. The molecule has 0 aromatic heterocycles. The standard InChI is InChI=1S/C13H20O8/c1-5-17-13(4)20-11-10(19-8(3)15)9(18-7(2)14)6-16-12(11)21-13/h9-12H,5-6H2,1-4H3/t9-,10+,11-,12-,13?/m1/s1. The molecule has 2 aliphatic heterocycles. The molecule has 1 unspecified atom stereocenters. The number of ether oxygens (including phenoxy) is 6. The van der Waals surface area contributed by atoms with Gasteiger partial charge in [0.2, 0.25) is 0 Å². The number of carbonyl (C=O) groups is 2. The summed E-state index contributed by atoms with van der Waals surface area (Å²) in [5, 5.41) is 0. The molecule has 0 spiro atoms. The maximum atomic E-state index is 11.3. The van der Waals surface area contributed by atoms with Crippen molar-refractivity contribution in [2.24, 2.45) is 0 Å². The maximum absolute atomic E-state index is 11.3. The average molecular weight is 304 g/mol. The SMILES string of the molecule is CCOC1(C)O[C@H]2OC[C@@H](OC(C)=O)[C@H](OC(C)=O)[C@H]2O1. The lowest BCUT2D eigenvalue weighted by atomic mass is 10.1. The van der Waals surface area contributed by atoms with E-state index in [4.69, 9.17) is 28.4 Å². The van der Waals surface area contributed by atoms with Crippen molar-refractivity contribution in [2.45, 2.75) is 58.3 Å². The Labute approximate surface area is 122 Å². The smallest absolute Gasteiger partial charge is 0.303 e. The summed E-state index contributed by atoms with van der Waals surface area (Å²) in [6.45, 7) is 6.36. The molecule has 0 aromatic carbocycles. The van der Waals surface area contributed by atoms with Crippen LogP contribution in [0.15, 0.2) is 0 Å². The van der Waals surface area contributed by atoms with Gasteiger partial charge in [0.15, 0.2) is 24.6 Å². The Morgan fingerprint density at radius 2 is 1.86 bits per heavy atom. The van der Waals surface area contributed by atoms with E-state index in [0.29, 0.717) is 6.61 Å². The monoisotopic (exact) mass is 304 g/mol. The molecule has 2 rings (SSSR count). The topological polar surface area (TPSA) is 89.5 Å². The molecule has 0 radical (unpaired) electrons. The second-order valence-electron chi connectivity index (χ2n) is 4.92. The van der Waals surface area contributed by atoms with Crippen LogP contribution in [-0.4, -0.2) is 55.7 Å². The van der Waals surface area contributed by atoms with Crippen LogP contribution in [-0.2, 0) is 38.0 Å². The Kier molecular flexibility index (Phi) is 4.82. The Morgan fingerprint density at radius 3 is 2.43 bits per heavy atom. The average Bonchev–Trinajstić information content (AvgIpc) is 2.68. The quantitative estimate of drug-likeness (QED) is 0.687. The van der Waals surface area contributed by atoms with Crippen LogP contribution in [0.3, 0.4) is 0 Å². The van der Waals surface area contributed by atoms with Gasteiger partial charge in [-0.3, -0.25) is 14.3 Å². The third kappa shape index (κ3) is 3.70. The van der Waals surface area contributed by atoms with Gasteiger partial charge in [-0.1, -0.05) is 0 Å². The molecule has 0 aliphatic carbocycles. The molecule has 2 saturated heterocycles. The van der Waals surface area contributed by atoms with Crippen LogP contribution in [0.1, 0.15) is 27.7 Å². The molecule has 0 saturated carbocycles. The summed E-state index contributed by atoms with van der Waals surface area (Å²) in [6.07, 6.45) is -3.05. The van der Waals surface area contributed by atoms with Crippen LogP contribution < -0.4 is 0 Å². The van der Waals surface area contributed by atoms with Gasteiger partial charge < -0.3 is 23.7 Å². The molecule has 2 aliphatic rings. The third-order valence-electron chi connectivity index (χ3n) is 3.09. The number of carbonyl (C=O) groups excluding carboxylic acids is 2. The Bertz CT molecular complexity index is 411. The van der Waals surface area contributed by atoms with Crippen LogP contribution in [0.5, 0.6) is 0 Å². The van der Waals surface area contributed by atoms with Crippen molar-refractivity contribution >= 4 is 11.9 Å². The number of hydrogen-bond donors (Lipinski definition) is 0. The van der Waals surface area contributed by atoms with Gasteiger partial charge >= 0.3 is 11.9 Å². The largest absolute Gasteiger partial charge is 0.456 e. The molecule has 120 valence electrons. The first-order valence-corrected chi connectivity index (χ1v) is 6.80. The molecule has 8 nitrogen and oxygen atoms in total. The molecule has 0 N–H and O–H groups in total. The van der Waals surface area contributed by atoms with E-state index in [9.17, 15) is 9.59 Å². The van der Waals surface area contributed by atoms with Crippen molar-refractivity contribution < 1.29 is 38.0 Å². The Morgan fingerprint density at radius 1 is 1.19 bits per heavy atom. The summed E-state index contributed by atoms with van der Waals surface area (Å²) in [5.74, 6) is -2.29. The summed E-state index contributed by atoms with van der Waals surface area (Å²) in [5.41, 5.74) is 0. The van der Waals surface area contributed by atoms with Crippen molar-refractivity contribution in [3.8, 4) is 0 Å². The lowest BCUT2D eigenvalue weighted by Gasteiger charge is -2.35. The molecule has 21 heavy (non-hydrogen) atoms. The van der Waals surface area contributed by atoms with Gasteiger partial charge in [-0.05, 0) is 6.92 Å². The molecule has 0 amide bonds. The Hall–Kier alpha value is -1.22. The van der Waals surface area contributed by atoms with E-state index < -0.39 is 42.5 Å². The molecular weight excluding hydrogens is 284 g/mol. The summed E-state index contributed by atoms with van der Waals surface area (Å²) < 4.78 is 32.4. The van der Waals surface area contributed by atoms with Crippen LogP contribution in [0, 0.1) is 0 Å². The zero-order valence-electron chi connectivity index (χ0n) is 12.5. The summed E-state index contributed by atoms with van der Waals surface area (Å²) in [6, 6.07) is 0. The molecular formula is C13H20O8. The second kappa shape index (κ2) is 6.27. The van der Waals surface area contributed by atoms with E-state index in [-0.39, 0.29) is 6.61 Å². The Balaban J connectivity index is 2.15. The molecule has 8 heteroatoms. The number of hydrogen-bond acceptors (Lipinski definition) is 8. The highest BCUT2D eigenvalue weighted by Crippen LogP contribution is 2.37. The number of esters is 2. The van der Waals surface area contributed by atoms with Crippen LogP contribution in [0.25, 0.3) is 0 Å². The highest BCUT2D eigenvalue weighted by atomic mass is 16.9. The van der Waals surface area contributed by atoms with E-state index in [0.717, 1.165) is 0 Å². The molecule has 0 aromatic rings. The fourth-order valence-corrected chi connectivity index (χ4v) is 2.43. The minimum absolute atomic E-state index is 0.0459. The van der Waals surface area contributed by atoms with Gasteiger partial charge in [0.1, 0.15) is 0 Å². The van der Waals surface area contributed by atoms with E-state index in [1.807, 2.05) is 0 Å². The van der Waals surface area contributed by atoms with Crippen molar-refractivity contribution in [3.63, 3.8) is 0 Å². The van der Waals surface area contributed by atoms with Gasteiger partial charge in [0.05, 0.1) is 6.61 Å². The van der Waals surface area contributed by atoms with Crippen molar-refractivity contribution in [3.05, 3.63) is 0 Å².